The van der Waals surface area contributed by atoms with Crippen molar-refractivity contribution in [3.63, 3.8) is 0 Å². The molecule has 1 atom stereocenters. The number of piperidine rings is 2. The van der Waals surface area contributed by atoms with Gasteiger partial charge in [0.05, 0.1) is 41.1 Å². The Balaban J connectivity index is 0.983. The van der Waals surface area contributed by atoms with Crippen molar-refractivity contribution in [1.82, 2.24) is 25.1 Å². The second-order valence-electron chi connectivity index (χ2n) is 14.0. The van der Waals surface area contributed by atoms with Gasteiger partial charge in [0.15, 0.2) is 5.82 Å². The van der Waals surface area contributed by atoms with Gasteiger partial charge in [0.25, 0.3) is 11.8 Å². The van der Waals surface area contributed by atoms with Crippen molar-refractivity contribution in [3.05, 3.63) is 88.3 Å². The lowest BCUT2D eigenvalue weighted by Gasteiger charge is -2.38. The lowest BCUT2D eigenvalue weighted by atomic mass is 10.0. The van der Waals surface area contributed by atoms with Gasteiger partial charge in [0.2, 0.25) is 17.8 Å². The highest BCUT2D eigenvalue weighted by Gasteiger charge is 2.45. The Morgan fingerprint density at radius 2 is 1.66 bits per heavy atom. The first kappa shape index (κ1) is 40.7. The maximum atomic E-state index is 15.4. The molecule has 3 aliphatic heterocycles. The maximum absolute atomic E-state index is 15.4. The van der Waals surface area contributed by atoms with Crippen LogP contribution in [0.2, 0.25) is 5.02 Å². The van der Waals surface area contributed by atoms with Crippen LogP contribution in [0, 0.1) is 5.82 Å². The lowest BCUT2D eigenvalue weighted by Crippen LogP contribution is -2.54. The van der Waals surface area contributed by atoms with E-state index in [0.717, 1.165) is 29.5 Å². The molecule has 0 saturated carbocycles. The molecule has 0 spiro atoms. The second kappa shape index (κ2) is 16.8. The Kier molecular flexibility index (Phi) is 11.8. The zero-order valence-corrected chi connectivity index (χ0v) is 33.7. The molecule has 304 valence electrons. The molecule has 58 heavy (non-hydrogen) atoms. The summed E-state index contributed by atoms with van der Waals surface area (Å²) < 4.78 is 44.7. The highest BCUT2D eigenvalue weighted by Crippen LogP contribution is 2.47. The van der Waals surface area contributed by atoms with E-state index in [0.29, 0.717) is 35.5 Å². The second-order valence-corrected chi connectivity index (χ2v) is 16.6. The summed E-state index contributed by atoms with van der Waals surface area (Å²) in [5, 5.41) is 9.00. The Bertz CT molecular complexity index is 2340. The number of rotatable bonds is 13. The van der Waals surface area contributed by atoms with E-state index in [1.54, 1.807) is 31.4 Å². The summed E-state index contributed by atoms with van der Waals surface area (Å²) in [4.78, 5) is 64.5. The van der Waals surface area contributed by atoms with E-state index in [4.69, 9.17) is 25.4 Å². The molecule has 3 aromatic carbocycles. The average molecular weight is 835 g/mol. The topological polar surface area (TPSA) is 185 Å². The van der Waals surface area contributed by atoms with Crippen LogP contribution in [0.3, 0.4) is 0 Å². The number of fused-ring (bicyclic) bond motifs is 1. The molecule has 1 aromatic heterocycles. The molecular formula is C39H41ClFN8O8P. The Morgan fingerprint density at radius 3 is 2.34 bits per heavy atom. The highest BCUT2D eigenvalue weighted by molar-refractivity contribution is 7.62. The SMILES string of the molecule is COc1cc(N2CCC(N(C)Cc3cc4c(cc3F)C(=O)N(C3CCC(=O)NC3=O)C4=O)CC2)ccc1Nc1ncc(Cl)c(Nc2ccccc2P(=O)(OC)OC)n1. The molecule has 19 heteroatoms. The van der Waals surface area contributed by atoms with Crippen LogP contribution in [0.25, 0.3) is 0 Å². The first-order valence-corrected chi connectivity index (χ1v) is 20.3. The van der Waals surface area contributed by atoms with Gasteiger partial charge in [0, 0.05) is 63.6 Å². The van der Waals surface area contributed by atoms with E-state index in [1.165, 1.54) is 26.5 Å². The van der Waals surface area contributed by atoms with Gasteiger partial charge in [-0.3, -0.25) is 38.9 Å². The van der Waals surface area contributed by atoms with Gasteiger partial charge >= 0.3 is 7.60 Å². The van der Waals surface area contributed by atoms with Crippen molar-refractivity contribution in [2.75, 3.05) is 57.0 Å². The largest absolute Gasteiger partial charge is 0.494 e. The van der Waals surface area contributed by atoms with Gasteiger partial charge in [0.1, 0.15) is 22.6 Å². The van der Waals surface area contributed by atoms with E-state index >= 15 is 4.39 Å². The number of amides is 4. The van der Waals surface area contributed by atoms with Crippen molar-refractivity contribution in [3.8, 4) is 5.75 Å². The maximum Gasteiger partial charge on any atom is 0.362 e. The number of nitrogens with zero attached hydrogens (tertiary/aromatic N) is 5. The van der Waals surface area contributed by atoms with Crippen LogP contribution < -0.4 is 30.9 Å². The minimum Gasteiger partial charge on any atom is -0.494 e. The van der Waals surface area contributed by atoms with E-state index in [1.807, 2.05) is 30.1 Å². The number of carbonyl (C=O) groups is 4. The number of methoxy groups -OCH3 is 1. The summed E-state index contributed by atoms with van der Waals surface area (Å²) >= 11 is 6.45. The minimum atomic E-state index is -3.60. The summed E-state index contributed by atoms with van der Waals surface area (Å²) in [6, 6.07) is 14.0. The molecule has 16 nitrogen and oxygen atoms in total. The van der Waals surface area contributed by atoms with Gasteiger partial charge in [-0.2, -0.15) is 4.98 Å². The molecule has 0 radical (unpaired) electrons. The van der Waals surface area contributed by atoms with Crippen LogP contribution in [0.4, 0.5) is 33.2 Å². The highest BCUT2D eigenvalue weighted by atomic mass is 35.5. The van der Waals surface area contributed by atoms with Crippen LogP contribution in [-0.4, -0.2) is 96.9 Å². The number of aromatic nitrogens is 2. The average Bonchev–Trinajstić information content (AvgIpc) is 3.46. The number of halogens is 2. The van der Waals surface area contributed by atoms with E-state index in [9.17, 15) is 23.7 Å². The number of hydrogen-bond acceptors (Lipinski definition) is 14. The fourth-order valence-electron chi connectivity index (χ4n) is 7.45. The van der Waals surface area contributed by atoms with Crippen molar-refractivity contribution >= 4 is 77.0 Å². The fraction of sp³-hybridized carbons (Fsp3) is 0.333. The van der Waals surface area contributed by atoms with E-state index < -0.39 is 43.1 Å². The lowest BCUT2D eigenvalue weighted by molar-refractivity contribution is -0.136. The smallest absolute Gasteiger partial charge is 0.362 e. The quantitative estimate of drug-likeness (QED) is 0.115. The van der Waals surface area contributed by atoms with Gasteiger partial charge in [-0.15, -0.1) is 0 Å². The van der Waals surface area contributed by atoms with Gasteiger partial charge in [-0.1, -0.05) is 23.7 Å². The van der Waals surface area contributed by atoms with Crippen LogP contribution >= 0.6 is 19.2 Å². The number of nitrogens with one attached hydrogen (secondary N) is 3. The summed E-state index contributed by atoms with van der Waals surface area (Å²) in [5.41, 5.74) is 2.20. The first-order valence-electron chi connectivity index (χ1n) is 18.4. The standard InChI is InChI=1S/C39H41ClFN8O8P/c1-47(21-22-17-25-26(19-28(22)41)38(53)49(37(25)52)31-11-12-34(50)45-36(31)51)23-13-15-48(16-14-23)24-9-10-29(32(18-24)55-2)44-39-42-20-27(40)35(46-39)43-30-7-5-6-8-33(30)58(54,56-3)57-4/h5-10,17-20,23,31H,11-16,21H2,1-4H3,(H,45,50,51)(H2,42,43,44,46). The molecule has 7 rings (SSSR count). The predicted octanol–water partition coefficient (Wildman–Crippen LogP) is 5.38. The molecule has 3 aliphatic rings. The molecule has 2 saturated heterocycles. The minimum absolute atomic E-state index is 0.00129. The van der Waals surface area contributed by atoms with Crippen LogP contribution in [-0.2, 0) is 29.7 Å². The number of carbonyl (C=O) groups excluding carboxylic acids is 4. The summed E-state index contributed by atoms with van der Waals surface area (Å²) in [6.07, 6.45) is 3.00. The monoisotopic (exact) mass is 834 g/mol. The molecule has 4 amide bonds. The van der Waals surface area contributed by atoms with Gasteiger partial charge < -0.3 is 29.3 Å². The number of anilines is 5. The van der Waals surface area contributed by atoms with Gasteiger partial charge in [-0.25, -0.2) is 9.37 Å². The van der Waals surface area contributed by atoms with Crippen molar-refractivity contribution in [1.29, 1.82) is 0 Å². The van der Waals surface area contributed by atoms with Gasteiger partial charge in [-0.05, 0) is 62.7 Å². The Morgan fingerprint density at radius 1 is 0.948 bits per heavy atom. The third-order valence-electron chi connectivity index (χ3n) is 10.6. The van der Waals surface area contributed by atoms with Crippen LogP contribution in [0.1, 0.15) is 52.0 Å². The third kappa shape index (κ3) is 8.00. The van der Waals surface area contributed by atoms with Crippen LogP contribution in [0.5, 0.6) is 5.75 Å². The number of ether oxygens (including phenoxy) is 1. The van der Waals surface area contributed by atoms with E-state index in [2.05, 4.69) is 30.8 Å². The molecule has 0 aliphatic carbocycles. The zero-order valence-electron chi connectivity index (χ0n) is 32.1. The molecule has 0 bridgehead atoms. The fourth-order valence-corrected chi connectivity index (χ4v) is 8.83. The number of benzene rings is 3. The molecule has 2 fully saturated rings. The van der Waals surface area contributed by atoms with Crippen molar-refractivity contribution in [2.24, 2.45) is 0 Å². The third-order valence-corrected chi connectivity index (χ3v) is 12.8. The van der Waals surface area contributed by atoms with Crippen molar-refractivity contribution in [2.45, 2.75) is 44.3 Å². The van der Waals surface area contributed by atoms with E-state index in [-0.39, 0.29) is 58.9 Å². The molecule has 4 aromatic rings. The summed E-state index contributed by atoms with van der Waals surface area (Å²) in [7, 11) is 2.48. The molecule has 4 heterocycles. The zero-order chi connectivity index (χ0) is 41.3. The molecule has 1 unspecified atom stereocenters. The predicted molar refractivity (Wildman–Crippen MR) is 214 cm³/mol. The summed E-state index contributed by atoms with van der Waals surface area (Å²) in [6.45, 7) is 1.62. The molecular weight excluding hydrogens is 794 g/mol. The number of para-hydroxylation sites is 1. The molecule has 3 N–H and O–H groups in total. The number of hydrogen-bond donors (Lipinski definition) is 3. The normalized spacial score (nSPS) is 17.5. The van der Waals surface area contributed by atoms with Crippen molar-refractivity contribution < 1.29 is 41.9 Å². The first-order chi connectivity index (χ1) is 27.8. The number of imide groups is 2. The Hall–Kier alpha value is -5.45. The Labute approximate surface area is 338 Å². The van der Waals surface area contributed by atoms with Crippen LogP contribution in [0.15, 0.2) is 60.8 Å². The summed E-state index contributed by atoms with van der Waals surface area (Å²) in [5.74, 6) is -2.19.